The Morgan fingerprint density at radius 3 is 2.70 bits per heavy atom. The quantitative estimate of drug-likeness (QED) is 0.838. The Kier molecular flexibility index (Phi) is 4.66. The predicted octanol–water partition coefficient (Wildman–Crippen LogP) is 1.26. The zero-order valence-corrected chi connectivity index (χ0v) is 13.7. The van der Waals surface area contributed by atoms with Gasteiger partial charge in [0.05, 0.1) is 0 Å². The van der Waals surface area contributed by atoms with Crippen LogP contribution in [0.4, 0.5) is 0 Å². The van der Waals surface area contributed by atoms with E-state index in [1.807, 2.05) is 0 Å². The first kappa shape index (κ1) is 16.0. The number of hydrogen-bond acceptors (Lipinski definition) is 5. The van der Waals surface area contributed by atoms with Crippen molar-refractivity contribution in [2.45, 2.75) is 37.6 Å². The Labute approximate surface area is 135 Å². The zero-order valence-electron chi connectivity index (χ0n) is 13.7. The number of amides is 2. The number of nitrogens with zero attached hydrogens (tertiary/aromatic N) is 3. The van der Waals surface area contributed by atoms with Crippen LogP contribution in [0.2, 0.25) is 0 Å². The average Bonchev–Trinajstić information content (AvgIpc) is 3.23. The van der Waals surface area contributed by atoms with Gasteiger partial charge in [-0.25, -0.2) is 4.98 Å². The van der Waals surface area contributed by atoms with Gasteiger partial charge < -0.3 is 19.0 Å². The van der Waals surface area contributed by atoms with Crippen molar-refractivity contribution in [1.82, 2.24) is 14.8 Å². The number of rotatable bonds is 3. The van der Waals surface area contributed by atoms with Crippen LogP contribution in [0, 0.1) is 0 Å². The summed E-state index contributed by atoms with van der Waals surface area (Å²) < 4.78 is 10.9. The molecule has 3 rings (SSSR count). The molecule has 2 saturated heterocycles. The molecule has 1 aromatic rings. The Morgan fingerprint density at radius 1 is 1.26 bits per heavy atom. The van der Waals surface area contributed by atoms with E-state index in [0.717, 1.165) is 19.3 Å². The molecule has 2 amide bonds. The maximum atomic E-state index is 12.7. The molecule has 2 aliphatic heterocycles. The lowest BCUT2D eigenvalue weighted by Gasteiger charge is -2.25. The van der Waals surface area contributed by atoms with Crippen LogP contribution >= 0.6 is 0 Å². The number of hydrogen-bond donors (Lipinski definition) is 0. The molecule has 0 N–H and O–H groups in total. The second-order valence-corrected chi connectivity index (χ2v) is 6.35. The molecule has 0 saturated carbocycles. The highest BCUT2D eigenvalue weighted by atomic mass is 16.5. The third kappa shape index (κ3) is 3.24. The van der Waals surface area contributed by atoms with Crippen LogP contribution in [-0.4, -0.2) is 66.5 Å². The fourth-order valence-electron chi connectivity index (χ4n) is 3.23. The molecule has 7 nitrogen and oxygen atoms in total. The molecule has 1 unspecified atom stereocenters. The van der Waals surface area contributed by atoms with E-state index in [-0.39, 0.29) is 23.8 Å². The first-order valence-electron chi connectivity index (χ1n) is 8.13. The second kappa shape index (κ2) is 6.70. The van der Waals surface area contributed by atoms with Gasteiger partial charge in [0.15, 0.2) is 11.6 Å². The topological polar surface area (TPSA) is 75.9 Å². The fraction of sp³-hybridized carbons (Fsp3) is 0.688. The highest BCUT2D eigenvalue weighted by molar-refractivity contribution is 5.96. The van der Waals surface area contributed by atoms with E-state index in [1.165, 1.54) is 11.2 Å². The smallest absolute Gasteiger partial charge is 0.276 e. The van der Waals surface area contributed by atoms with Crippen molar-refractivity contribution in [3.05, 3.63) is 17.8 Å². The van der Waals surface area contributed by atoms with E-state index in [4.69, 9.17) is 9.15 Å². The number of likely N-dealkylation sites (tertiary alicyclic amines) is 1. The van der Waals surface area contributed by atoms with Crippen molar-refractivity contribution < 1.29 is 18.7 Å². The van der Waals surface area contributed by atoms with Crippen LogP contribution in [0.15, 0.2) is 10.7 Å². The summed E-state index contributed by atoms with van der Waals surface area (Å²) in [6, 6.07) is -0.388. The third-order valence-electron chi connectivity index (χ3n) is 4.55. The van der Waals surface area contributed by atoms with Crippen LogP contribution in [0.5, 0.6) is 0 Å². The van der Waals surface area contributed by atoms with Crippen LogP contribution < -0.4 is 0 Å². The Balaban J connectivity index is 1.72. The Morgan fingerprint density at radius 2 is 2.00 bits per heavy atom. The van der Waals surface area contributed by atoms with Gasteiger partial charge in [0.25, 0.3) is 5.91 Å². The number of likely N-dealkylation sites (N-methyl/N-ethyl adjacent to an activating group) is 1. The molecule has 0 aromatic carbocycles. The first-order chi connectivity index (χ1) is 11.1. The van der Waals surface area contributed by atoms with E-state index < -0.39 is 0 Å². The van der Waals surface area contributed by atoms with Gasteiger partial charge in [0, 0.05) is 39.8 Å². The van der Waals surface area contributed by atoms with Crippen LogP contribution in [0.1, 0.15) is 48.0 Å². The molecule has 0 aliphatic carbocycles. The second-order valence-electron chi connectivity index (χ2n) is 6.35. The van der Waals surface area contributed by atoms with E-state index in [9.17, 15) is 9.59 Å². The summed E-state index contributed by atoms with van der Waals surface area (Å²) in [6.07, 6.45) is 4.68. The van der Waals surface area contributed by atoms with Gasteiger partial charge >= 0.3 is 0 Å². The van der Waals surface area contributed by atoms with E-state index >= 15 is 0 Å². The molecule has 3 heterocycles. The third-order valence-corrected chi connectivity index (χ3v) is 4.55. The van der Waals surface area contributed by atoms with Gasteiger partial charge in [-0.2, -0.15) is 0 Å². The van der Waals surface area contributed by atoms with Gasteiger partial charge in [-0.1, -0.05) is 0 Å². The van der Waals surface area contributed by atoms with Crippen molar-refractivity contribution in [2.75, 3.05) is 33.9 Å². The zero-order chi connectivity index (χ0) is 16.4. The number of oxazole rings is 1. The minimum atomic E-state index is -0.388. The lowest BCUT2D eigenvalue weighted by Crippen LogP contribution is -2.45. The summed E-state index contributed by atoms with van der Waals surface area (Å²) in [5, 5.41) is 0. The number of carbonyl (C=O) groups is 2. The monoisotopic (exact) mass is 321 g/mol. The minimum absolute atomic E-state index is 0.0380. The standard InChI is InChI=1S/C16H23N3O4/c1-18(2)16(21)13-4-3-7-19(13)15(20)12-10-23-14(17-12)11-5-8-22-9-6-11/h10-11,13H,3-9H2,1-2H3. The van der Waals surface area contributed by atoms with Crippen LogP contribution in [0.25, 0.3) is 0 Å². The molecule has 2 aliphatic rings. The van der Waals surface area contributed by atoms with Crippen molar-refractivity contribution in [1.29, 1.82) is 0 Å². The highest BCUT2D eigenvalue weighted by Crippen LogP contribution is 2.27. The molecule has 0 bridgehead atoms. The predicted molar refractivity (Wildman–Crippen MR) is 82.0 cm³/mol. The average molecular weight is 321 g/mol. The number of ether oxygens (including phenoxy) is 1. The molecule has 23 heavy (non-hydrogen) atoms. The number of aromatic nitrogens is 1. The molecule has 1 atom stereocenters. The van der Waals surface area contributed by atoms with Crippen molar-refractivity contribution in [3.8, 4) is 0 Å². The Hall–Kier alpha value is -1.89. The van der Waals surface area contributed by atoms with Crippen molar-refractivity contribution in [2.24, 2.45) is 0 Å². The lowest BCUT2D eigenvalue weighted by atomic mass is 10.0. The van der Waals surface area contributed by atoms with Crippen LogP contribution in [-0.2, 0) is 9.53 Å². The van der Waals surface area contributed by atoms with E-state index in [0.29, 0.717) is 37.8 Å². The summed E-state index contributed by atoms with van der Waals surface area (Å²) in [7, 11) is 3.42. The summed E-state index contributed by atoms with van der Waals surface area (Å²) in [5.41, 5.74) is 0.296. The van der Waals surface area contributed by atoms with Gasteiger partial charge in [-0.05, 0) is 25.7 Å². The van der Waals surface area contributed by atoms with Gasteiger partial charge in [0.1, 0.15) is 12.3 Å². The summed E-state index contributed by atoms with van der Waals surface area (Å²) >= 11 is 0. The van der Waals surface area contributed by atoms with Crippen molar-refractivity contribution in [3.63, 3.8) is 0 Å². The largest absolute Gasteiger partial charge is 0.448 e. The summed E-state index contributed by atoms with van der Waals surface area (Å²) in [5.74, 6) is 0.558. The molecule has 126 valence electrons. The van der Waals surface area contributed by atoms with Crippen LogP contribution in [0.3, 0.4) is 0 Å². The van der Waals surface area contributed by atoms with E-state index in [2.05, 4.69) is 4.98 Å². The highest BCUT2D eigenvalue weighted by Gasteiger charge is 2.36. The SMILES string of the molecule is CN(C)C(=O)C1CCCN1C(=O)c1coc(C2CCOCC2)n1. The summed E-state index contributed by atoms with van der Waals surface area (Å²) in [6.45, 7) is 1.98. The lowest BCUT2D eigenvalue weighted by molar-refractivity contribution is -0.132. The maximum absolute atomic E-state index is 12.7. The number of carbonyl (C=O) groups excluding carboxylic acids is 2. The molecule has 0 spiro atoms. The molecular weight excluding hydrogens is 298 g/mol. The van der Waals surface area contributed by atoms with Gasteiger partial charge in [-0.15, -0.1) is 0 Å². The molecule has 2 fully saturated rings. The minimum Gasteiger partial charge on any atom is -0.448 e. The Bertz CT molecular complexity index is 578. The molecule has 0 radical (unpaired) electrons. The molecule has 7 heteroatoms. The van der Waals surface area contributed by atoms with E-state index in [1.54, 1.807) is 19.0 Å². The summed E-state index contributed by atoms with van der Waals surface area (Å²) in [4.78, 5) is 32.4. The normalized spacial score (nSPS) is 22.3. The van der Waals surface area contributed by atoms with Crippen molar-refractivity contribution >= 4 is 11.8 Å². The van der Waals surface area contributed by atoms with Gasteiger partial charge in [0.2, 0.25) is 5.91 Å². The fourth-order valence-corrected chi connectivity index (χ4v) is 3.23. The molecule has 1 aromatic heterocycles. The molecular formula is C16H23N3O4. The van der Waals surface area contributed by atoms with Gasteiger partial charge in [-0.3, -0.25) is 9.59 Å². The maximum Gasteiger partial charge on any atom is 0.276 e. The first-order valence-corrected chi connectivity index (χ1v) is 8.13.